The smallest absolute Gasteiger partial charge is 0.407 e. The number of aliphatic carboxylic acids is 1. The van der Waals surface area contributed by atoms with Crippen molar-refractivity contribution in [3.63, 3.8) is 0 Å². The number of nitrogens with zero attached hydrogens (tertiary/aromatic N) is 1. The second-order valence-electron chi connectivity index (χ2n) is 9.42. The van der Waals surface area contributed by atoms with E-state index < -0.39 is 23.5 Å². The first-order valence-corrected chi connectivity index (χ1v) is 12.0. The molecule has 1 aliphatic heterocycles. The number of benzene rings is 2. The molecule has 2 unspecified atom stereocenters. The molecule has 8 heteroatoms. The highest BCUT2D eigenvalue weighted by molar-refractivity contribution is 5.84. The number of alkyl carbamates (subject to hydrolysis) is 1. The predicted molar refractivity (Wildman–Crippen MR) is 130 cm³/mol. The number of nitrogens with one attached hydrogen (secondary N) is 1. The zero-order chi connectivity index (χ0) is 25.0. The average Bonchev–Trinajstić information content (AvgIpc) is 3.19. The molecule has 2 N–H and O–H groups in total. The summed E-state index contributed by atoms with van der Waals surface area (Å²) in [4.78, 5) is 38.8. The van der Waals surface area contributed by atoms with Gasteiger partial charge in [-0.1, -0.05) is 55.5 Å². The van der Waals surface area contributed by atoms with Gasteiger partial charge in [0.25, 0.3) is 0 Å². The molecule has 0 saturated carbocycles. The lowest BCUT2D eigenvalue weighted by atomic mass is 9.85. The van der Waals surface area contributed by atoms with Crippen LogP contribution in [0.4, 0.5) is 4.79 Å². The molecule has 0 aromatic heterocycles. The molecule has 1 saturated heterocycles. The fraction of sp³-hybridized carbons (Fsp3) is 0.444. The Balaban J connectivity index is 1.38. The van der Waals surface area contributed by atoms with E-state index in [2.05, 4.69) is 29.6 Å². The summed E-state index contributed by atoms with van der Waals surface area (Å²) in [5.41, 5.74) is 3.68. The minimum atomic E-state index is -0.978. The Morgan fingerprint density at radius 1 is 1.11 bits per heavy atom. The number of carboxylic acid groups (broad SMARTS) is 1. The number of ether oxygens (including phenoxy) is 2. The van der Waals surface area contributed by atoms with Gasteiger partial charge in [-0.15, -0.1) is 0 Å². The van der Waals surface area contributed by atoms with Crippen molar-refractivity contribution < 1.29 is 29.0 Å². The van der Waals surface area contributed by atoms with Gasteiger partial charge in [-0.3, -0.25) is 9.59 Å². The summed E-state index contributed by atoms with van der Waals surface area (Å²) < 4.78 is 11.0. The predicted octanol–water partition coefficient (Wildman–Crippen LogP) is 3.64. The van der Waals surface area contributed by atoms with Gasteiger partial charge >= 0.3 is 12.1 Å². The molecule has 1 heterocycles. The van der Waals surface area contributed by atoms with Crippen LogP contribution in [0.1, 0.15) is 43.7 Å². The second kappa shape index (κ2) is 10.5. The number of carbonyl (C=O) groups is 3. The average molecular weight is 481 g/mol. The van der Waals surface area contributed by atoms with Crippen molar-refractivity contribution in [1.29, 1.82) is 0 Å². The molecule has 186 valence electrons. The van der Waals surface area contributed by atoms with E-state index in [0.717, 1.165) is 22.3 Å². The molecule has 1 fully saturated rings. The molecule has 35 heavy (non-hydrogen) atoms. The molecule has 1 aliphatic carbocycles. The Morgan fingerprint density at radius 2 is 1.74 bits per heavy atom. The summed E-state index contributed by atoms with van der Waals surface area (Å²) in [6, 6.07) is 15.7. The van der Waals surface area contributed by atoms with E-state index in [1.165, 1.54) is 0 Å². The summed E-state index contributed by atoms with van der Waals surface area (Å²) in [6.07, 6.45) is -0.277. The number of amides is 2. The molecule has 2 amide bonds. The third-order valence-corrected chi connectivity index (χ3v) is 7.16. The summed E-state index contributed by atoms with van der Waals surface area (Å²) in [7, 11) is 0. The quantitative estimate of drug-likeness (QED) is 0.598. The fourth-order valence-corrected chi connectivity index (χ4v) is 4.91. The van der Waals surface area contributed by atoms with Crippen molar-refractivity contribution in [3.8, 4) is 11.1 Å². The van der Waals surface area contributed by atoms with Gasteiger partial charge in [-0.2, -0.15) is 0 Å². The topological polar surface area (TPSA) is 105 Å². The molecule has 0 bridgehead atoms. The van der Waals surface area contributed by atoms with E-state index in [4.69, 9.17) is 9.47 Å². The van der Waals surface area contributed by atoms with Gasteiger partial charge in [-0.25, -0.2) is 4.79 Å². The molecular weight excluding hydrogens is 448 g/mol. The van der Waals surface area contributed by atoms with Crippen molar-refractivity contribution in [2.45, 2.75) is 38.6 Å². The van der Waals surface area contributed by atoms with Crippen LogP contribution in [-0.2, 0) is 19.1 Å². The monoisotopic (exact) mass is 480 g/mol. The maximum absolute atomic E-state index is 13.4. The minimum Gasteiger partial charge on any atom is -0.481 e. The maximum atomic E-state index is 13.4. The Labute approximate surface area is 205 Å². The van der Waals surface area contributed by atoms with E-state index in [0.29, 0.717) is 19.6 Å². The summed E-state index contributed by atoms with van der Waals surface area (Å²) in [5, 5.41) is 12.0. The zero-order valence-corrected chi connectivity index (χ0v) is 20.2. The number of carboxylic acids is 1. The van der Waals surface area contributed by atoms with Crippen LogP contribution in [0.3, 0.4) is 0 Å². The van der Waals surface area contributed by atoms with Gasteiger partial charge in [0, 0.05) is 19.0 Å². The number of morpholine rings is 1. The highest BCUT2D eigenvalue weighted by Crippen LogP contribution is 2.44. The van der Waals surface area contributed by atoms with E-state index in [1.807, 2.05) is 31.2 Å². The Hall–Kier alpha value is -3.39. The van der Waals surface area contributed by atoms with Crippen LogP contribution < -0.4 is 5.32 Å². The molecule has 2 atom stereocenters. The summed E-state index contributed by atoms with van der Waals surface area (Å²) in [6.45, 7) is 4.84. The van der Waals surface area contributed by atoms with Crippen molar-refractivity contribution in [3.05, 3.63) is 59.7 Å². The Kier molecular flexibility index (Phi) is 7.40. The van der Waals surface area contributed by atoms with Crippen molar-refractivity contribution in [2.75, 3.05) is 32.9 Å². The lowest BCUT2D eigenvalue weighted by molar-refractivity contribution is -0.153. The van der Waals surface area contributed by atoms with Crippen LogP contribution in [-0.4, -0.2) is 66.9 Å². The third-order valence-electron chi connectivity index (χ3n) is 7.16. The summed E-state index contributed by atoms with van der Waals surface area (Å²) >= 11 is 0. The lowest BCUT2D eigenvalue weighted by Gasteiger charge is -2.40. The van der Waals surface area contributed by atoms with E-state index >= 15 is 0 Å². The van der Waals surface area contributed by atoms with Gasteiger partial charge in [0.15, 0.2) is 0 Å². The Morgan fingerprint density at radius 3 is 2.34 bits per heavy atom. The normalized spacial score (nSPS) is 18.8. The van der Waals surface area contributed by atoms with E-state index in [-0.39, 0.29) is 38.0 Å². The van der Waals surface area contributed by atoms with Gasteiger partial charge in [-0.05, 0) is 35.6 Å². The Bertz CT molecular complexity index is 1060. The standard InChI is InChI=1S/C27H32N2O6/c1-3-27(2,25(32)29-12-13-34-15-18(29)14-24(30)31)17-28-26(33)35-16-23-21-10-6-4-8-19(21)20-9-5-7-11-22(20)23/h4-11,18,23H,3,12-17H2,1-2H3,(H,28,33)(H,30,31). The molecule has 2 aromatic carbocycles. The number of hydrogen-bond donors (Lipinski definition) is 2. The minimum absolute atomic E-state index is 0.0440. The third kappa shape index (κ3) is 5.17. The number of rotatable bonds is 8. The van der Waals surface area contributed by atoms with Crippen LogP contribution in [0, 0.1) is 5.41 Å². The van der Waals surface area contributed by atoms with E-state index in [1.54, 1.807) is 11.8 Å². The first-order chi connectivity index (χ1) is 16.8. The zero-order valence-electron chi connectivity index (χ0n) is 20.2. The fourth-order valence-electron chi connectivity index (χ4n) is 4.91. The molecule has 2 aromatic rings. The van der Waals surface area contributed by atoms with Crippen molar-refractivity contribution in [2.24, 2.45) is 5.41 Å². The highest BCUT2D eigenvalue weighted by Gasteiger charge is 2.40. The molecule has 0 radical (unpaired) electrons. The van der Waals surface area contributed by atoms with Crippen LogP contribution >= 0.6 is 0 Å². The molecule has 2 aliphatic rings. The molecule has 4 rings (SSSR count). The van der Waals surface area contributed by atoms with Crippen molar-refractivity contribution >= 4 is 18.0 Å². The van der Waals surface area contributed by atoms with Crippen LogP contribution in [0.15, 0.2) is 48.5 Å². The van der Waals surface area contributed by atoms with Gasteiger partial charge < -0.3 is 24.8 Å². The van der Waals surface area contributed by atoms with Crippen molar-refractivity contribution in [1.82, 2.24) is 10.2 Å². The highest BCUT2D eigenvalue weighted by atomic mass is 16.5. The van der Waals surface area contributed by atoms with Crippen LogP contribution in [0.25, 0.3) is 11.1 Å². The number of carbonyl (C=O) groups excluding carboxylic acids is 2. The summed E-state index contributed by atoms with van der Waals surface area (Å²) in [5.74, 6) is -1.21. The lowest BCUT2D eigenvalue weighted by Crippen LogP contribution is -2.56. The SMILES string of the molecule is CCC(C)(CNC(=O)OCC1c2ccccc2-c2ccccc21)C(=O)N1CCOCC1CC(=O)O. The first-order valence-electron chi connectivity index (χ1n) is 12.0. The molecular formula is C27H32N2O6. The molecule has 0 spiro atoms. The largest absolute Gasteiger partial charge is 0.481 e. The first kappa shape index (κ1) is 24.7. The molecule has 8 nitrogen and oxygen atoms in total. The maximum Gasteiger partial charge on any atom is 0.407 e. The second-order valence-corrected chi connectivity index (χ2v) is 9.42. The van der Waals surface area contributed by atoms with Gasteiger partial charge in [0.1, 0.15) is 6.61 Å². The number of fused-ring (bicyclic) bond motifs is 3. The van der Waals surface area contributed by atoms with Gasteiger partial charge in [0.2, 0.25) is 5.91 Å². The number of hydrogen-bond acceptors (Lipinski definition) is 5. The van der Waals surface area contributed by atoms with Crippen LogP contribution in [0.5, 0.6) is 0 Å². The van der Waals surface area contributed by atoms with Crippen LogP contribution in [0.2, 0.25) is 0 Å². The van der Waals surface area contributed by atoms with Gasteiger partial charge in [0.05, 0.1) is 31.1 Å². The van der Waals surface area contributed by atoms with E-state index in [9.17, 15) is 19.5 Å².